The van der Waals surface area contributed by atoms with Crippen molar-refractivity contribution in [1.29, 1.82) is 0 Å². The lowest BCUT2D eigenvalue weighted by molar-refractivity contribution is -0.117. The zero-order valence-corrected chi connectivity index (χ0v) is 17.1. The number of pyridine rings is 1. The summed E-state index contributed by atoms with van der Waals surface area (Å²) >= 11 is 5.95. The van der Waals surface area contributed by atoms with Crippen LogP contribution in [0.25, 0.3) is 11.3 Å². The van der Waals surface area contributed by atoms with Crippen LogP contribution >= 0.6 is 24.0 Å². The van der Waals surface area contributed by atoms with Crippen LogP contribution in [-0.2, 0) is 24.1 Å². The Morgan fingerprint density at radius 3 is 2.59 bits per heavy atom. The second-order valence-electron chi connectivity index (χ2n) is 6.93. The molecule has 0 aliphatic heterocycles. The lowest BCUT2D eigenvalue weighted by Gasteiger charge is -2.14. The molecule has 0 atom stereocenters. The van der Waals surface area contributed by atoms with Crippen molar-refractivity contribution in [3.8, 4) is 11.3 Å². The molecule has 1 aliphatic rings. The highest BCUT2D eigenvalue weighted by Gasteiger charge is 2.19. The fourth-order valence-corrected chi connectivity index (χ4v) is 3.70. The van der Waals surface area contributed by atoms with Crippen molar-refractivity contribution in [2.45, 2.75) is 25.7 Å². The first-order chi connectivity index (χ1) is 13.5. The molecule has 1 heterocycles. The number of nitrogens with two attached hydrogens (primary N) is 1. The summed E-state index contributed by atoms with van der Waals surface area (Å²) < 4.78 is 13.5. The normalized spacial score (nSPS) is 12.2. The number of amides is 1. The van der Waals surface area contributed by atoms with E-state index < -0.39 is 5.82 Å². The molecule has 0 fully saturated rings. The second kappa shape index (κ2) is 8.80. The van der Waals surface area contributed by atoms with Gasteiger partial charge in [-0.15, -0.1) is 12.4 Å². The Balaban J connectivity index is 0.00000240. The van der Waals surface area contributed by atoms with Crippen LogP contribution in [0.4, 0.5) is 15.8 Å². The summed E-state index contributed by atoms with van der Waals surface area (Å²) in [5, 5.41) is 3.54. The molecule has 4 nitrogen and oxygen atoms in total. The number of rotatable bonds is 5. The molecule has 1 amide bonds. The molecule has 0 unspecified atom stereocenters. The van der Waals surface area contributed by atoms with E-state index in [1.54, 1.807) is 12.1 Å². The highest BCUT2D eigenvalue weighted by atomic mass is 35.5. The number of aromatic nitrogens is 1. The average Bonchev–Trinajstić information content (AvgIpc) is 3.14. The molecular weight excluding hydrogens is 412 g/mol. The van der Waals surface area contributed by atoms with Gasteiger partial charge in [-0.05, 0) is 66.8 Å². The number of nitrogens with zero attached hydrogens (tertiary/aromatic N) is 1. The van der Waals surface area contributed by atoms with Crippen LogP contribution in [0.3, 0.4) is 0 Å². The van der Waals surface area contributed by atoms with Gasteiger partial charge in [-0.3, -0.25) is 9.78 Å². The first-order valence-corrected chi connectivity index (χ1v) is 9.50. The molecule has 3 aromatic rings. The predicted octanol–water partition coefficient (Wildman–Crippen LogP) is 5.22. The Labute approximate surface area is 179 Å². The molecule has 0 spiro atoms. The minimum absolute atomic E-state index is 0. The van der Waals surface area contributed by atoms with Gasteiger partial charge < -0.3 is 11.1 Å². The van der Waals surface area contributed by atoms with Crippen LogP contribution in [0.2, 0.25) is 5.02 Å². The maximum absolute atomic E-state index is 13.5. The van der Waals surface area contributed by atoms with Gasteiger partial charge in [0, 0.05) is 22.6 Å². The number of anilines is 2. The monoisotopic (exact) mass is 431 g/mol. The molecule has 4 rings (SSSR count). The quantitative estimate of drug-likeness (QED) is 0.581. The first-order valence-electron chi connectivity index (χ1n) is 9.12. The van der Waals surface area contributed by atoms with Crippen molar-refractivity contribution in [1.82, 2.24) is 4.98 Å². The van der Waals surface area contributed by atoms with E-state index in [2.05, 4.69) is 5.32 Å². The topological polar surface area (TPSA) is 68.0 Å². The van der Waals surface area contributed by atoms with Gasteiger partial charge in [0.1, 0.15) is 5.82 Å². The molecular formula is C22H20Cl2FN3O. The maximum Gasteiger partial charge on any atom is 0.221 e. The highest BCUT2D eigenvalue weighted by Crippen LogP contribution is 2.34. The zero-order chi connectivity index (χ0) is 19.7. The molecule has 7 heteroatoms. The number of carbonyl (C=O) groups is 1. The average molecular weight is 432 g/mol. The Morgan fingerprint density at radius 2 is 1.90 bits per heavy atom. The zero-order valence-electron chi connectivity index (χ0n) is 15.5. The van der Waals surface area contributed by atoms with E-state index >= 15 is 0 Å². The van der Waals surface area contributed by atoms with E-state index in [0.717, 1.165) is 53.2 Å². The van der Waals surface area contributed by atoms with Gasteiger partial charge in [-0.2, -0.15) is 0 Å². The van der Waals surface area contributed by atoms with Crippen LogP contribution in [0.5, 0.6) is 0 Å². The molecule has 0 saturated heterocycles. The van der Waals surface area contributed by atoms with Gasteiger partial charge >= 0.3 is 0 Å². The minimum Gasteiger partial charge on any atom is -0.369 e. The molecule has 0 saturated carbocycles. The fraction of sp³-hybridized carbons (Fsp3) is 0.182. The summed E-state index contributed by atoms with van der Waals surface area (Å²) in [5.74, 6) is -0.795. The van der Waals surface area contributed by atoms with E-state index in [-0.39, 0.29) is 29.8 Å². The van der Waals surface area contributed by atoms with Crippen LogP contribution in [-0.4, -0.2) is 10.9 Å². The Kier molecular flexibility index (Phi) is 6.40. The summed E-state index contributed by atoms with van der Waals surface area (Å²) in [6.45, 7) is 0. The molecule has 1 aliphatic carbocycles. The molecule has 29 heavy (non-hydrogen) atoms. The van der Waals surface area contributed by atoms with Gasteiger partial charge in [0.25, 0.3) is 0 Å². The fourth-order valence-electron chi connectivity index (χ4n) is 3.52. The number of hydrogen-bond donors (Lipinski definition) is 2. The third-order valence-corrected chi connectivity index (χ3v) is 5.17. The van der Waals surface area contributed by atoms with Gasteiger partial charge in [-0.25, -0.2) is 4.39 Å². The van der Waals surface area contributed by atoms with Crippen molar-refractivity contribution < 1.29 is 9.18 Å². The summed E-state index contributed by atoms with van der Waals surface area (Å²) in [7, 11) is 0. The summed E-state index contributed by atoms with van der Waals surface area (Å²) in [5.41, 5.74) is 11.8. The van der Waals surface area contributed by atoms with Crippen molar-refractivity contribution in [3.63, 3.8) is 0 Å². The lowest BCUT2D eigenvalue weighted by atomic mass is 10.1. The number of benzene rings is 2. The molecule has 3 N–H and O–H groups in total. The van der Waals surface area contributed by atoms with Gasteiger partial charge in [0.15, 0.2) is 0 Å². The van der Waals surface area contributed by atoms with E-state index in [0.29, 0.717) is 0 Å². The van der Waals surface area contributed by atoms with E-state index in [1.165, 1.54) is 11.6 Å². The number of fused-ring (bicyclic) bond motifs is 1. The molecule has 0 radical (unpaired) electrons. The standard InChI is InChI=1S/C22H19ClFN3O.ClH/c23-17-11-14(6-9-18(17)24)20-12-21(16-2-1-3-19(16)27-20)26-15-7-4-13(5-8-15)10-22(25)28;/h4-9,11-12H,1-3,10H2,(H2,25,28)(H,26,27);1H. The Morgan fingerprint density at radius 1 is 1.14 bits per heavy atom. The number of aryl methyl sites for hydroxylation is 1. The Hall–Kier alpha value is -2.63. The summed E-state index contributed by atoms with van der Waals surface area (Å²) in [4.78, 5) is 15.8. The number of primary amides is 1. The summed E-state index contributed by atoms with van der Waals surface area (Å²) in [6.07, 6.45) is 3.17. The van der Waals surface area contributed by atoms with Crippen molar-refractivity contribution in [3.05, 3.63) is 76.2 Å². The largest absolute Gasteiger partial charge is 0.369 e. The third kappa shape index (κ3) is 4.69. The first kappa shape index (κ1) is 21.1. The van der Waals surface area contributed by atoms with Crippen LogP contribution in [0.1, 0.15) is 23.2 Å². The number of halogens is 3. The van der Waals surface area contributed by atoms with Crippen molar-refractivity contribution in [2.75, 3.05) is 5.32 Å². The van der Waals surface area contributed by atoms with Gasteiger partial charge in [0.2, 0.25) is 5.91 Å². The van der Waals surface area contributed by atoms with E-state index in [4.69, 9.17) is 22.3 Å². The second-order valence-corrected chi connectivity index (χ2v) is 7.33. The number of carbonyl (C=O) groups excluding carboxylic acids is 1. The van der Waals surface area contributed by atoms with Crippen LogP contribution in [0.15, 0.2) is 48.5 Å². The lowest BCUT2D eigenvalue weighted by Crippen LogP contribution is -2.13. The molecule has 0 bridgehead atoms. The SMILES string of the molecule is Cl.NC(=O)Cc1ccc(Nc2cc(-c3ccc(F)c(Cl)c3)nc3c2CCC3)cc1. The predicted molar refractivity (Wildman–Crippen MR) is 117 cm³/mol. The van der Waals surface area contributed by atoms with Crippen molar-refractivity contribution >= 4 is 41.3 Å². The molecule has 1 aromatic heterocycles. The smallest absolute Gasteiger partial charge is 0.221 e. The number of hydrogen-bond acceptors (Lipinski definition) is 3. The van der Waals surface area contributed by atoms with Crippen molar-refractivity contribution in [2.24, 2.45) is 5.73 Å². The highest BCUT2D eigenvalue weighted by molar-refractivity contribution is 6.31. The Bertz CT molecular complexity index is 1050. The molecule has 150 valence electrons. The maximum atomic E-state index is 13.5. The van der Waals surface area contributed by atoms with Crippen LogP contribution < -0.4 is 11.1 Å². The summed E-state index contributed by atoms with van der Waals surface area (Å²) in [6, 6.07) is 14.2. The van der Waals surface area contributed by atoms with Crippen LogP contribution in [0, 0.1) is 5.82 Å². The third-order valence-electron chi connectivity index (χ3n) is 4.88. The molecule has 2 aromatic carbocycles. The number of nitrogens with one attached hydrogen (secondary N) is 1. The van der Waals surface area contributed by atoms with E-state index in [1.807, 2.05) is 30.3 Å². The minimum atomic E-state index is -0.444. The van der Waals surface area contributed by atoms with Gasteiger partial charge in [-0.1, -0.05) is 23.7 Å². The van der Waals surface area contributed by atoms with Gasteiger partial charge in [0.05, 0.1) is 17.1 Å². The van der Waals surface area contributed by atoms with E-state index in [9.17, 15) is 9.18 Å².